The van der Waals surface area contributed by atoms with Gasteiger partial charge in [-0.05, 0) is 46.5 Å². The highest BCUT2D eigenvalue weighted by molar-refractivity contribution is 5.43. The summed E-state index contributed by atoms with van der Waals surface area (Å²) in [7, 11) is 0. The van der Waals surface area contributed by atoms with Crippen LogP contribution in [-0.2, 0) is 5.54 Å². The number of rotatable bonds is 2. The monoisotopic (exact) mass is 289 g/mol. The Morgan fingerprint density at radius 1 is 0.905 bits per heavy atom. The van der Waals surface area contributed by atoms with E-state index in [1.54, 1.807) is 0 Å². The Balaban J connectivity index is 2.01. The van der Waals surface area contributed by atoms with Crippen LogP contribution >= 0.6 is 0 Å². The fourth-order valence-corrected chi connectivity index (χ4v) is 4.31. The van der Waals surface area contributed by atoms with Crippen LogP contribution in [0.5, 0.6) is 0 Å². The lowest BCUT2D eigenvalue weighted by Crippen LogP contribution is -2.26. The van der Waals surface area contributed by atoms with E-state index in [0.29, 0.717) is 11.8 Å². The van der Waals surface area contributed by atoms with E-state index in [4.69, 9.17) is 10.7 Å². The van der Waals surface area contributed by atoms with Crippen LogP contribution in [-0.4, -0.2) is 9.55 Å². The maximum Gasteiger partial charge on any atom is 0.127 e. The summed E-state index contributed by atoms with van der Waals surface area (Å²) in [6.07, 6.45) is 11.9. The second-order valence-electron chi connectivity index (χ2n) is 8.06. The molecular formula is C18H31N3. The summed E-state index contributed by atoms with van der Waals surface area (Å²) in [5.41, 5.74) is 7.83. The molecule has 1 heterocycles. The van der Waals surface area contributed by atoms with Crippen molar-refractivity contribution in [2.75, 3.05) is 5.73 Å². The third-order valence-electron chi connectivity index (χ3n) is 5.35. The Kier molecular flexibility index (Phi) is 4.02. The quantitative estimate of drug-likeness (QED) is 0.839. The first-order chi connectivity index (χ1) is 9.98. The van der Waals surface area contributed by atoms with Crippen molar-refractivity contribution in [2.24, 2.45) is 0 Å². The zero-order chi connectivity index (χ0) is 15.0. The van der Waals surface area contributed by atoms with E-state index in [0.717, 1.165) is 5.82 Å². The zero-order valence-corrected chi connectivity index (χ0v) is 14.0. The van der Waals surface area contributed by atoms with Crippen molar-refractivity contribution < 1.29 is 0 Å². The smallest absolute Gasteiger partial charge is 0.127 e. The SMILES string of the molecule is CC(C)(C)n1c(C2CCCC2)nc(C2CCCCC2)c1N. The first kappa shape index (κ1) is 14.9. The molecule has 3 heteroatoms. The van der Waals surface area contributed by atoms with E-state index in [2.05, 4.69) is 25.3 Å². The molecule has 0 saturated heterocycles. The predicted octanol–water partition coefficient (Wildman–Crippen LogP) is 4.93. The van der Waals surface area contributed by atoms with Gasteiger partial charge in [0.25, 0.3) is 0 Å². The molecule has 0 bridgehead atoms. The Labute approximate surface area is 129 Å². The van der Waals surface area contributed by atoms with E-state index in [-0.39, 0.29) is 5.54 Å². The maximum absolute atomic E-state index is 6.59. The van der Waals surface area contributed by atoms with E-state index >= 15 is 0 Å². The fourth-order valence-electron chi connectivity index (χ4n) is 4.31. The molecule has 0 aliphatic heterocycles. The molecular weight excluding hydrogens is 258 g/mol. The largest absolute Gasteiger partial charge is 0.384 e. The summed E-state index contributed by atoms with van der Waals surface area (Å²) in [6.45, 7) is 6.77. The summed E-state index contributed by atoms with van der Waals surface area (Å²) >= 11 is 0. The minimum absolute atomic E-state index is 0.0297. The highest BCUT2D eigenvalue weighted by atomic mass is 15.2. The summed E-state index contributed by atoms with van der Waals surface area (Å²) < 4.78 is 2.35. The van der Waals surface area contributed by atoms with E-state index in [1.165, 1.54) is 69.3 Å². The molecule has 0 radical (unpaired) electrons. The average molecular weight is 289 g/mol. The van der Waals surface area contributed by atoms with Gasteiger partial charge in [0.2, 0.25) is 0 Å². The lowest BCUT2D eigenvalue weighted by atomic mass is 9.87. The van der Waals surface area contributed by atoms with Crippen molar-refractivity contribution in [3.8, 4) is 0 Å². The van der Waals surface area contributed by atoms with E-state index < -0.39 is 0 Å². The van der Waals surface area contributed by atoms with Crippen LogP contribution in [0.3, 0.4) is 0 Å². The first-order valence-corrected chi connectivity index (χ1v) is 8.87. The van der Waals surface area contributed by atoms with E-state index in [9.17, 15) is 0 Å². The van der Waals surface area contributed by atoms with Gasteiger partial charge in [0.05, 0.1) is 5.69 Å². The van der Waals surface area contributed by atoms with Gasteiger partial charge in [-0.15, -0.1) is 0 Å². The number of nitrogens with zero attached hydrogens (tertiary/aromatic N) is 2. The molecule has 21 heavy (non-hydrogen) atoms. The number of nitrogens with two attached hydrogens (primary N) is 1. The molecule has 0 unspecified atom stereocenters. The van der Waals surface area contributed by atoms with Gasteiger partial charge in [-0.3, -0.25) is 0 Å². The Hall–Kier alpha value is -0.990. The predicted molar refractivity (Wildman–Crippen MR) is 88.7 cm³/mol. The summed E-state index contributed by atoms with van der Waals surface area (Å²) in [5.74, 6) is 3.46. The standard InChI is InChI=1S/C18H31N3/c1-18(2,3)21-16(19)15(13-9-5-4-6-10-13)20-17(21)14-11-7-8-12-14/h13-14H,4-12,19H2,1-3H3. The van der Waals surface area contributed by atoms with Crippen molar-refractivity contribution in [2.45, 2.75) is 95.9 Å². The number of anilines is 1. The van der Waals surface area contributed by atoms with Gasteiger partial charge in [-0.25, -0.2) is 4.98 Å². The molecule has 1 aromatic rings. The molecule has 2 N–H and O–H groups in total. The van der Waals surface area contributed by atoms with Crippen molar-refractivity contribution in [3.63, 3.8) is 0 Å². The molecule has 2 aliphatic carbocycles. The van der Waals surface area contributed by atoms with E-state index in [1.807, 2.05) is 0 Å². The van der Waals surface area contributed by atoms with Crippen molar-refractivity contribution in [3.05, 3.63) is 11.5 Å². The Morgan fingerprint density at radius 3 is 2.00 bits per heavy atom. The van der Waals surface area contributed by atoms with Crippen molar-refractivity contribution in [1.82, 2.24) is 9.55 Å². The molecule has 1 aromatic heterocycles. The number of aromatic nitrogens is 2. The molecule has 0 spiro atoms. The van der Waals surface area contributed by atoms with Gasteiger partial charge in [0.1, 0.15) is 11.6 Å². The van der Waals surface area contributed by atoms with Gasteiger partial charge < -0.3 is 10.3 Å². The molecule has 118 valence electrons. The van der Waals surface area contributed by atoms with Crippen LogP contribution in [0.25, 0.3) is 0 Å². The molecule has 2 saturated carbocycles. The molecule has 3 nitrogen and oxygen atoms in total. The maximum atomic E-state index is 6.59. The highest BCUT2D eigenvalue weighted by Crippen LogP contribution is 2.42. The highest BCUT2D eigenvalue weighted by Gasteiger charge is 2.32. The number of hydrogen-bond acceptors (Lipinski definition) is 2. The lowest BCUT2D eigenvalue weighted by molar-refractivity contribution is 0.377. The number of nitrogen functional groups attached to an aromatic ring is 1. The first-order valence-electron chi connectivity index (χ1n) is 8.87. The molecule has 0 atom stereocenters. The topological polar surface area (TPSA) is 43.8 Å². The van der Waals surface area contributed by atoms with Crippen LogP contribution in [0.15, 0.2) is 0 Å². The van der Waals surface area contributed by atoms with Crippen LogP contribution in [0.1, 0.15) is 102 Å². The van der Waals surface area contributed by atoms with Gasteiger partial charge in [-0.1, -0.05) is 32.1 Å². The van der Waals surface area contributed by atoms with Crippen molar-refractivity contribution >= 4 is 5.82 Å². The summed E-state index contributed by atoms with van der Waals surface area (Å²) in [4.78, 5) is 5.12. The summed E-state index contributed by atoms with van der Waals surface area (Å²) in [5, 5.41) is 0. The molecule has 2 aliphatic rings. The minimum atomic E-state index is 0.0297. The zero-order valence-electron chi connectivity index (χ0n) is 14.0. The van der Waals surface area contributed by atoms with Gasteiger partial charge >= 0.3 is 0 Å². The fraction of sp³-hybridized carbons (Fsp3) is 0.833. The minimum Gasteiger partial charge on any atom is -0.384 e. The third-order valence-corrected chi connectivity index (χ3v) is 5.35. The van der Waals surface area contributed by atoms with Gasteiger partial charge in [-0.2, -0.15) is 0 Å². The van der Waals surface area contributed by atoms with Gasteiger partial charge in [0, 0.05) is 17.4 Å². The average Bonchev–Trinajstić information content (AvgIpc) is 3.05. The van der Waals surface area contributed by atoms with Crippen LogP contribution in [0.4, 0.5) is 5.82 Å². The normalized spacial score (nSPS) is 22.0. The molecule has 3 rings (SSSR count). The van der Waals surface area contributed by atoms with Crippen LogP contribution in [0, 0.1) is 0 Å². The second-order valence-corrected chi connectivity index (χ2v) is 8.06. The summed E-state index contributed by atoms with van der Waals surface area (Å²) in [6, 6.07) is 0. The second kappa shape index (κ2) is 5.66. The number of imidazole rings is 1. The van der Waals surface area contributed by atoms with Gasteiger partial charge in [0.15, 0.2) is 0 Å². The third kappa shape index (κ3) is 2.84. The molecule has 2 fully saturated rings. The number of hydrogen-bond donors (Lipinski definition) is 1. The Bertz CT molecular complexity index is 483. The van der Waals surface area contributed by atoms with Crippen LogP contribution in [0.2, 0.25) is 0 Å². The lowest BCUT2D eigenvalue weighted by Gasteiger charge is -2.27. The Morgan fingerprint density at radius 2 is 1.43 bits per heavy atom. The van der Waals surface area contributed by atoms with Crippen LogP contribution < -0.4 is 5.73 Å². The molecule has 0 aromatic carbocycles. The van der Waals surface area contributed by atoms with Crippen molar-refractivity contribution in [1.29, 1.82) is 0 Å². The molecule has 0 amide bonds.